The van der Waals surface area contributed by atoms with Crippen molar-refractivity contribution < 1.29 is 29.1 Å². The van der Waals surface area contributed by atoms with Crippen LogP contribution >= 0.6 is 0 Å². The number of rotatable bonds is 9. The zero-order valence-electron chi connectivity index (χ0n) is 21.9. The summed E-state index contributed by atoms with van der Waals surface area (Å²) < 4.78 is 11.2. The van der Waals surface area contributed by atoms with Crippen LogP contribution in [0.4, 0.5) is 5.69 Å². The molecule has 2 heterocycles. The average molecular weight is 524 g/mol. The number of ketones is 1. The lowest BCUT2D eigenvalue weighted by Crippen LogP contribution is -2.38. The first kappa shape index (κ1) is 27.3. The van der Waals surface area contributed by atoms with E-state index in [2.05, 4.69) is 4.90 Å². The highest BCUT2D eigenvalue weighted by Gasteiger charge is 2.46. The summed E-state index contributed by atoms with van der Waals surface area (Å²) in [5.74, 6) is -1.11. The van der Waals surface area contributed by atoms with Crippen LogP contribution in [-0.4, -0.2) is 77.0 Å². The van der Waals surface area contributed by atoms with Gasteiger partial charge in [-0.3, -0.25) is 24.6 Å². The molecule has 202 valence electrons. The summed E-state index contributed by atoms with van der Waals surface area (Å²) >= 11 is 0. The number of hydrogen-bond acceptors (Lipinski definition) is 8. The molecule has 4 rings (SSSR count). The Bertz CT molecular complexity index is 1230. The van der Waals surface area contributed by atoms with E-state index >= 15 is 0 Å². The van der Waals surface area contributed by atoms with Crippen molar-refractivity contribution in [3.8, 4) is 5.75 Å². The van der Waals surface area contributed by atoms with Gasteiger partial charge in [-0.05, 0) is 68.7 Å². The summed E-state index contributed by atoms with van der Waals surface area (Å²) in [5.41, 5.74) is 1.53. The average Bonchev–Trinajstić information content (AvgIpc) is 3.15. The standard InChI is InChI=1S/C28H33N3O7/c1-18(2)38-23-10-7-21(17-19(23)3)26(32)24-25(20-5-8-22(9-6-20)31(35)36)30(28(34)27(24)33)12-4-11-29-13-15-37-16-14-29/h5-10,17-18,25,32H,4,11-16H2,1-3H3/t25-/m1/s1. The van der Waals surface area contributed by atoms with Gasteiger partial charge < -0.3 is 19.5 Å². The lowest BCUT2D eigenvalue weighted by atomic mass is 9.94. The number of nitro benzene ring substituents is 1. The maximum absolute atomic E-state index is 13.3. The van der Waals surface area contributed by atoms with E-state index < -0.39 is 22.7 Å². The number of carbonyl (C=O) groups is 2. The normalized spacial score (nSPS) is 19.8. The fourth-order valence-electron chi connectivity index (χ4n) is 4.86. The van der Waals surface area contributed by atoms with E-state index in [1.165, 1.54) is 29.2 Å². The fourth-order valence-corrected chi connectivity index (χ4v) is 4.86. The molecule has 2 saturated heterocycles. The molecule has 0 aliphatic carbocycles. The molecular formula is C28H33N3O7. The van der Waals surface area contributed by atoms with Crippen molar-refractivity contribution in [3.63, 3.8) is 0 Å². The molecule has 2 aliphatic rings. The highest BCUT2D eigenvalue weighted by molar-refractivity contribution is 6.46. The maximum Gasteiger partial charge on any atom is 0.295 e. The minimum atomic E-state index is -0.868. The van der Waals surface area contributed by atoms with Crippen LogP contribution in [0, 0.1) is 17.0 Å². The van der Waals surface area contributed by atoms with Gasteiger partial charge in [0.2, 0.25) is 0 Å². The number of aryl methyl sites for hydroxylation is 1. The van der Waals surface area contributed by atoms with Crippen molar-refractivity contribution in [3.05, 3.63) is 74.8 Å². The van der Waals surface area contributed by atoms with Gasteiger partial charge in [-0.25, -0.2) is 0 Å². The van der Waals surface area contributed by atoms with Gasteiger partial charge >= 0.3 is 0 Å². The summed E-state index contributed by atoms with van der Waals surface area (Å²) in [5, 5.41) is 22.5. The number of morpholine rings is 1. The minimum Gasteiger partial charge on any atom is -0.507 e. The lowest BCUT2D eigenvalue weighted by Gasteiger charge is -2.29. The molecule has 38 heavy (non-hydrogen) atoms. The highest BCUT2D eigenvalue weighted by Crippen LogP contribution is 2.40. The van der Waals surface area contributed by atoms with Crippen LogP contribution in [0.5, 0.6) is 5.75 Å². The quantitative estimate of drug-likeness (QED) is 0.173. The molecule has 1 amide bonds. The molecule has 1 N–H and O–H groups in total. The SMILES string of the molecule is Cc1cc(C(O)=C2C(=O)C(=O)N(CCCN3CCOCC3)[C@@H]2c2ccc([N+](=O)[O-])cc2)ccc1OC(C)C. The van der Waals surface area contributed by atoms with Gasteiger partial charge in [0.25, 0.3) is 17.4 Å². The van der Waals surface area contributed by atoms with E-state index in [1.54, 1.807) is 18.2 Å². The molecule has 0 saturated carbocycles. The molecule has 2 aliphatic heterocycles. The zero-order valence-corrected chi connectivity index (χ0v) is 21.9. The smallest absolute Gasteiger partial charge is 0.295 e. The Hall–Kier alpha value is -3.76. The molecule has 0 spiro atoms. The fraction of sp³-hybridized carbons (Fsp3) is 0.429. The van der Waals surface area contributed by atoms with Crippen LogP contribution in [0.1, 0.15) is 43.0 Å². The van der Waals surface area contributed by atoms with Gasteiger partial charge in [-0.2, -0.15) is 0 Å². The first-order valence-corrected chi connectivity index (χ1v) is 12.8. The predicted molar refractivity (Wildman–Crippen MR) is 141 cm³/mol. The van der Waals surface area contributed by atoms with Gasteiger partial charge in [-0.1, -0.05) is 0 Å². The number of aliphatic hydroxyl groups is 1. The van der Waals surface area contributed by atoms with E-state index in [1.807, 2.05) is 20.8 Å². The predicted octanol–water partition coefficient (Wildman–Crippen LogP) is 3.83. The van der Waals surface area contributed by atoms with E-state index in [0.29, 0.717) is 43.1 Å². The third-order valence-electron chi connectivity index (χ3n) is 6.75. The van der Waals surface area contributed by atoms with Gasteiger partial charge in [0.1, 0.15) is 11.5 Å². The summed E-state index contributed by atoms with van der Waals surface area (Å²) in [4.78, 5) is 40.9. The van der Waals surface area contributed by atoms with Crippen LogP contribution < -0.4 is 4.74 Å². The third-order valence-corrected chi connectivity index (χ3v) is 6.75. The molecule has 0 unspecified atom stereocenters. The molecule has 0 radical (unpaired) electrons. The number of benzene rings is 2. The van der Waals surface area contributed by atoms with Crippen LogP contribution in [0.15, 0.2) is 48.0 Å². The van der Waals surface area contributed by atoms with Crippen LogP contribution in [0.3, 0.4) is 0 Å². The maximum atomic E-state index is 13.3. The van der Waals surface area contributed by atoms with Crippen molar-refractivity contribution in [1.29, 1.82) is 0 Å². The molecule has 1 atom stereocenters. The van der Waals surface area contributed by atoms with Crippen molar-refractivity contribution in [2.75, 3.05) is 39.4 Å². The van der Waals surface area contributed by atoms with E-state index in [4.69, 9.17) is 9.47 Å². The number of non-ortho nitro benzene ring substituents is 1. The zero-order chi connectivity index (χ0) is 27.4. The topological polar surface area (TPSA) is 122 Å². The van der Waals surface area contributed by atoms with Crippen LogP contribution in [0.2, 0.25) is 0 Å². The van der Waals surface area contributed by atoms with Crippen LogP contribution in [0.25, 0.3) is 5.76 Å². The number of nitro groups is 1. The summed E-state index contributed by atoms with van der Waals surface area (Å²) in [6.45, 7) is 9.63. The second kappa shape index (κ2) is 11.7. The number of Topliss-reactive ketones (excluding diaryl/α,β-unsaturated/α-hetero) is 1. The number of amides is 1. The largest absolute Gasteiger partial charge is 0.507 e. The summed E-state index contributed by atoms with van der Waals surface area (Å²) in [6.07, 6.45) is 0.592. The Morgan fingerprint density at radius 2 is 1.82 bits per heavy atom. The van der Waals surface area contributed by atoms with Gasteiger partial charge in [-0.15, -0.1) is 0 Å². The van der Waals surface area contributed by atoms with Crippen LogP contribution in [-0.2, 0) is 14.3 Å². The molecule has 10 nitrogen and oxygen atoms in total. The van der Waals surface area contributed by atoms with Gasteiger partial charge in [0, 0.05) is 43.9 Å². The Morgan fingerprint density at radius 1 is 1.13 bits per heavy atom. The molecule has 2 aromatic carbocycles. The molecule has 2 aromatic rings. The number of nitrogens with zero attached hydrogens (tertiary/aromatic N) is 3. The Morgan fingerprint density at radius 3 is 2.42 bits per heavy atom. The van der Waals surface area contributed by atoms with Gasteiger partial charge in [0.15, 0.2) is 0 Å². The van der Waals surface area contributed by atoms with E-state index in [0.717, 1.165) is 25.2 Å². The number of likely N-dealkylation sites (tertiary alicyclic amines) is 1. The number of ether oxygens (including phenoxy) is 2. The molecule has 0 bridgehead atoms. The molecule has 0 aromatic heterocycles. The minimum absolute atomic E-state index is 0.0296. The Balaban J connectivity index is 1.69. The molecule has 2 fully saturated rings. The number of hydrogen-bond donors (Lipinski definition) is 1. The lowest BCUT2D eigenvalue weighted by molar-refractivity contribution is -0.384. The summed E-state index contributed by atoms with van der Waals surface area (Å²) in [6, 6.07) is 9.96. The molecular weight excluding hydrogens is 490 g/mol. The van der Waals surface area contributed by atoms with Crippen molar-refractivity contribution in [1.82, 2.24) is 9.80 Å². The number of aliphatic hydroxyl groups excluding tert-OH is 1. The van der Waals surface area contributed by atoms with Crippen molar-refractivity contribution in [2.45, 2.75) is 39.3 Å². The Kier molecular flexibility index (Phi) is 8.43. The van der Waals surface area contributed by atoms with E-state index in [9.17, 15) is 24.8 Å². The highest BCUT2D eigenvalue weighted by atomic mass is 16.6. The second-order valence-corrected chi connectivity index (χ2v) is 9.80. The van der Waals surface area contributed by atoms with Gasteiger partial charge in [0.05, 0.1) is 35.9 Å². The first-order valence-electron chi connectivity index (χ1n) is 12.8. The van der Waals surface area contributed by atoms with Crippen molar-refractivity contribution in [2.24, 2.45) is 0 Å². The third kappa shape index (κ3) is 5.87. The monoisotopic (exact) mass is 523 g/mol. The molecule has 10 heteroatoms. The second-order valence-electron chi connectivity index (χ2n) is 9.80. The Labute approximate surface area is 221 Å². The first-order chi connectivity index (χ1) is 18.2. The summed E-state index contributed by atoms with van der Waals surface area (Å²) in [7, 11) is 0. The number of carbonyl (C=O) groups excluding carboxylic acids is 2. The van der Waals surface area contributed by atoms with E-state index in [-0.39, 0.29) is 23.1 Å². The van der Waals surface area contributed by atoms with Crippen molar-refractivity contribution >= 4 is 23.1 Å².